The number of amides is 1. The van der Waals surface area contributed by atoms with E-state index >= 15 is 0 Å². The Morgan fingerprint density at radius 1 is 1.50 bits per heavy atom. The quantitative estimate of drug-likeness (QED) is 0.756. The average molecular weight is 216 g/mol. The number of hydrogen-bond donors (Lipinski definition) is 1. The van der Waals surface area contributed by atoms with Crippen molar-refractivity contribution in [2.45, 2.75) is 38.6 Å². The van der Waals surface area contributed by atoms with E-state index in [1.165, 1.54) is 0 Å². The normalized spacial score (nSPS) is 31.9. The van der Waals surface area contributed by atoms with Gasteiger partial charge in [0, 0.05) is 18.2 Å². The summed E-state index contributed by atoms with van der Waals surface area (Å²) in [7, 11) is 1.85. The van der Waals surface area contributed by atoms with E-state index < -0.39 is 6.04 Å². The molecule has 2 N–H and O–H groups in total. The van der Waals surface area contributed by atoms with Crippen LogP contribution >= 0.6 is 11.8 Å². The Morgan fingerprint density at radius 2 is 2.00 bits per heavy atom. The molecule has 1 amide bonds. The van der Waals surface area contributed by atoms with E-state index in [1.54, 1.807) is 11.8 Å². The van der Waals surface area contributed by atoms with Gasteiger partial charge in [0.05, 0.1) is 10.9 Å². The zero-order valence-electron chi connectivity index (χ0n) is 9.63. The van der Waals surface area contributed by atoms with Crippen LogP contribution in [-0.4, -0.2) is 34.5 Å². The van der Waals surface area contributed by atoms with Crippen molar-refractivity contribution in [2.75, 3.05) is 12.8 Å². The molecule has 1 saturated heterocycles. The number of carbonyl (C=O) groups is 1. The second-order valence-corrected chi connectivity index (χ2v) is 6.21. The maximum absolute atomic E-state index is 11.8. The summed E-state index contributed by atoms with van der Waals surface area (Å²) < 4.78 is 0. The number of rotatable bonds is 2. The molecule has 14 heavy (non-hydrogen) atoms. The molecule has 82 valence electrons. The molecule has 0 aliphatic carbocycles. The second-order valence-electron chi connectivity index (χ2n) is 4.84. The third kappa shape index (κ3) is 1.54. The summed E-state index contributed by atoms with van der Waals surface area (Å²) in [4.78, 5) is 13.5. The number of nitrogens with zero attached hydrogens (tertiary/aromatic N) is 1. The van der Waals surface area contributed by atoms with E-state index in [9.17, 15) is 4.79 Å². The summed E-state index contributed by atoms with van der Waals surface area (Å²) in [6.45, 7) is 8.23. The SMILES string of the molecule is C[C@@H](N)C(=O)N(C)C1(C)SCC1(C)C. The van der Waals surface area contributed by atoms with Gasteiger partial charge in [-0.1, -0.05) is 13.8 Å². The molecular formula is C10H20N2OS. The van der Waals surface area contributed by atoms with E-state index in [-0.39, 0.29) is 16.2 Å². The van der Waals surface area contributed by atoms with Crippen LogP contribution in [0.1, 0.15) is 27.7 Å². The third-order valence-corrected chi connectivity index (χ3v) is 5.58. The molecule has 0 bridgehead atoms. The summed E-state index contributed by atoms with van der Waals surface area (Å²) in [6.07, 6.45) is 0. The van der Waals surface area contributed by atoms with E-state index in [0.717, 1.165) is 5.75 Å². The summed E-state index contributed by atoms with van der Waals surface area (Å²) in [5.74, 6) is 1.12. The number of likely N-dealkylation sites (N-methyl/N-ethyl adjacent to an activating group) is 1. The topological polar surface area (TPSA) is 46.3 Å². The van der Waals surface area contributed by atoms with E-state index in [4.69, 9.17) is 5.73 Å². The minimum absolute atomic E-state index is 0.0211. The minimum atomic E-state index is -0.408. The summed E-state index contributed by atoms with van der Waals surface area (Å²) >= 11 is 1.82. The van der Waals surface area contributed by atoms with Crippen molar-refractivity contribution in [2.24, 2.45) is 11.1 Å². The first-order valence-corrected chi connectivity index (χ1v) is 5.88. The fourth-order valence-electron chi connectivity index (χ4n) is 1.64. The summed E-state index contributed by atoms with van der Waals surface area (Å²) in [5, 5.41) is 0. The van der Waals surface area contributed by atoms with Gasteiger partial charge in [0.2, 0.25) is 5.91 Å². The number of thioether (sulfide) groups is 1. The van der Waals surface area contributed by atoms with Crippen LogP contribution in [0.3, 0.4) is 0 Å². The van der Waals surface area contributed by atoms with Crippen molar-refractivity contribution in [3.63, 3.8) is 0 Å². The molecule has 4 heteroatoms. The van der Waals surface area contributed by atoms with Crippen LogP contribution in [0, 0.1) is 5.41 Å². The molecule has 1 aliphatic heterocycles. The molecule has 2 atom stereocenters. The highest BCUT2D eigenvalue weighted by atomic mass is 32.2. The Bertz CT molecular complexity index is 253. The average Bonchev–Trinajstić information content (AvgIpc) is 2.12. The molecule has 0 aromatic heterocycles. The fourth-order valence-corrected chi connectivity index (χ4v) is 3.06. The monoisotopic (exact) mass is 216 g/mol. The van der Waals surface area contributed by atoms with Gasteiger partial charge in [-0.05, 0) is 13.8 Å². The molecule has 1 aliphatic rings. The Morgan fingerprint density at radius 3 is 2.21 bits per heavy atom. The Hall–Kier alpha value is -0.220. The van der Waals surface area contributed by atoms with E-state index in [1.807, 2.05) is 18.8 Å². The minimum Gasteiger partial charge on any atom is -0.329 e. The van der Waals surface area contributed by atoms with Gasteiger partial charge in [0.15, 0.2) is 0 Å². The highest BCUT2D eigenvalue weighted by Gasteiger charge is 2.54. The van der Waals surface area contributed by atoms with Gasteiger partial charge in [-0.15, -0.1) is 11.8 Å². The highest BCUT2D eigenvalue weighted by molar-refractivity contribution is 8.02. The first-order chi connectivity index (χ1) is 6.22. The molecule has 1 fully saturated rings. The van der Waals surface area contributed by atoms with Gasteiger partial charge in [-0.25, -0.2) is 0 Å². The van der Waals surface area contributed by atoms with Crippen LogP contribution < -0.4 is 5.73 Å². The van der Waals surface area contributed by atoms with Crippen molar-refractivity contribution in [3.05, 3.63) is 0 Å². The van der Waals surface area contributed by atoms with E-state index in [2.05, 4.69) is 20.8 Å². The summed E-state index contributed by atoms with van der Waals surface area (Å²) in [5.41, 5.74) is 5.78. The standard InChI is InChI=1S/C10H20N2OS/c1-7(11)8(13)12(5)10(4)9(2,3)6-14-10/h7H,6,11H2,1-5H3/t7-,10?/m1/s1. The van der Waals surface area contributed by atoms with Gasteiger partial charge in [0.1, 0.15) is 0 Å². The molecule has 0 radical (unpaired) electrons. The first-order valence-electron chi connectivity index (χ1n) is 4.89. The number of carbonyl (C=O) groups excluding carboxylic acids is 1. The maximum Gasteiger partial charge on any atom is 0.240 e. The lowest BCUT2D eigenvalue weighted by atomic mass is 9.84. The zero-order valence-corrected chi connectivity index (χ0v) is 10.4. The lowest BCUT2D eigenvalue weighted by Gasteiger charge is -2.58. The summed E-state index contributed by atoms with van der Waals surface area (Å²) in [6, 6.07) is -0.408. The van der Waals surface area contributed by atoms with Gasteiger partial charge in [-0.3, -0.25) is 4.79 Å². The molecule has 1 rings (SSSR count). The van der Waals surface area contributed by atoms with Crippen LogP contribution in [0.2, 0.25) is 0 Å². The molecule has 3 nitrogen and oxygen atoms in total. The van der Waals surface area contributed by atoms with Crippen LogP contribution in [0.4, 0.5) is 0 Å². The largest absolute Gasteiger partial charge is 0.329 e. The Balaban J connectivity index is 2.79. The lowest BCUT2D eigenvalue weighted by molar-refractivity contribution is -0.136. The first kappa shape index (κ1) is 11.9. The molecular weight excluding hydrogens is 196 g/mol. The highest BCUT2D eigenvalue weighted by Crippen LogP contribution is 2.56. The Kier molecular flexibility index (Phi) is 2.89. The van der Waals surface area contributed by atoms with Crippen LogP contribution in [0.15, 0.2) is 0 Å². The Labute approximate surface area is 90.4 Å². The van der Waals surface area contributed by atoms with Gasteiger partial charge in [0.25, 0.3) is 0 Å². The predicted octanol–water partition coefficient (Wildman–Crippen LogP) is 1.28. The second kappa shape index (κ2) is 3.42. The van der Waals surface area contributed by atoms with Crippen molar-refractivity contribution in [3.8, 4) is 0 Å². The molecule has 0 aromatic carbocycles. The molecule has 1 heterocycles. The van der Waals surface area contributed by atoms with Gasteiger partial charge >= 0.3 is 0 Å². The smallest absolute Gasteiger partial charge is 0.240 e. The van der Waals surface area contributed by atoms with Crippen LogP contribution in [0.5, 0.6) is 0 Å². The maximum atomic E-state index is 11.8. The van der Waals surface area contributed by atoms with Crippen molar-refractivity contribution in [1.29, 1.82) is 0 Å². The number of hydrogen-bond acceptors (Lipinski definition) is 3. The van der Waals surface area contributed by atoms with E-state index in [0.29, 0.717) is 0 Å². The fraction of sp³-hybridized carbons (Fsp3) is 0.900. The lowest BCUT2D eigenvalue weighted by Crippen LogP contribution is -2.63. The number of nitrogens with two attached hydrogens (primary N) is 1. The molecule has 0 aromatic rings. The van der Waals surface area contributed by atoms with Gasteiger partial charge < -0.3 is 10.6 Å². The van der Waals surface area contributed by atoms with Crippen molar-refractivity contribution in [1.82, 2.24) is 4.90 Å². The van der Waals surface area contributed by atoms with Crippen molar-refractivity contribution < 1.29 is 4.79 Å². The van der Waals surface area contributed by atoms with Crippen LogP contribution in [0.25, 0.3) is 0 Å². The van der Waals surface area contributed by atoms with Crippen LogP contribution in [-0.2, 0) is 4.79 Å². The molecule has 0 saturated carbocycles. The third-order valence-electron chi connectivity index (χ3n) is 3.33. The zero-order chi connectivity index (χ0) is 11.1. The van der Waals surface area contributed by atoms with Crippen molar-refractivity contribution >= 4 is 17.7 Å². The van der Waals surface area contributed by atoms with Gasteiger partial charge in [-0.2, -0.15) is 0 Å². The molecule has 1 unspecified atom stereocenters. The molecule has 0 spiro atoms. The predicted molar refractivity (Wildman–Crippen MR) is 61.1 cm³/mol.